The molecule has 1 amide bonds. The highest BCUT2D eigenvalue weighted by atomic mass is 16.1. The third-order valence-electron chi connectivity index (χ3n) is 4.92. The molecule has 0 saturated heterocycles. The molecular weight excluding hydrogens is 346 g/mol. The molecule has 1 N–H and O–H groups in total. The number of anilines is 1. The second kappa shape index (κ2) is 8.87. The second-order valence-corrected chi connectivity index (χ2v) is 7.91. The van der Waals surface area contributed by atoms with E-state index in [4.69, 9.17) is 0 Å². The Morgan fingerprint density at radius 2 is 1.61 bits per heavy atom. The zero-order valence-corrected chi connectivity index (χ0v) is 17.2. The van der Waals surface area contributed by atoms with Gasteiger partial charge in [0.1, 0.15) is 18.9 Å². The fourth-order valence-electron chi connectivity index (χ4n) is 3.46. The molecule has 4 heteroatoms. The number of para-hydroxylation sites is 1. The summed E-state index contributed by atoms with van der Waals surface area (Å²) in [5.41, 5.74) is 4.58. The Balaban J connectivity index is 1.71. The minimum Gasteiger partial charge on any atom is -0.322 e. The highest BCUT2D eigenvalue weighted by molar-refractivity contribution is 5.92. The van der Waals surface area contributed by atoms with E-state index in [-0.39, 0.29) is 5.91 Å². The van der Waals surface area contributed by atoms with Crippen LogP contribution in [0.5, 0.6) is 0 Å². The lowest BCUT2D eigenvalue weighted by Crippen LogP contribution is -2.32. The highest BCUT2D eigenvalue weighted by Gasteiger charge is 2.17. The first-order valence-electron chi connectivity index (χ1n) is 9.95. The number of rotatable bonds is 7. The van der Waals surface area contributed by atoms with Crippen LogP contribution >= 0.6 is 0 Å². The van der Waals surface area contributed by atoms with Crippen molar-refractivity contribution >= 4 is 11.6 Å². The number of benzene rings is 2. The van der Waals surface area contributed by atoms with E-state index in [2.05, 4.69) is 67.9 Å². The highest BCUT2D eigenvalue weighted by Crippen LogP contribution is 2.32. The van der Waals surface area contributed by atoms with Gasteiger partial charge in [-0.1, -0.05) is 76.2 Å². The molecule has 0 spiro atoms. The SMILES string of the molecule is CC(C)c1cccc(C(C)C)c1NC(=O)Cn1cc[n+](Cc2ccccc2)c1. The number of nitrogens with zero attached hydrogens (tertiary/aromatic N) is 2. The third-order valence-corrected chi connectivity index (χ3v) is 4.92. The molecule has 0 fully saturated rings. The Morgan fingerprint density at radius 3 is 2.21 bits per heavy atom. The average Bonchev–Trinajstić information content (AvgIpc) is 3.08. The molecule has 1 heterocycles. The van der Waals surface area contributed by atoms with Gasteiger partial charge in [0, 0.05) is 5.69 Å². The van der Waals surface area contributed by atoms with Gasteiger partial charge in [0.15, 0.2) is 6.54 Å². The van der Waals surface area contributed by atoms with Crippen LogP contribution in [-0.2, 0) is 17.9 Å². The van der Waals surface area contributed by atoms with E-state index >= 15 is 0 Å². The summed E-state index contributed by atoms with van der Waals surface area (Å²) in [6.07, 6.45) is 5.92. The van der Waals surface area contributed by atoms with Gasteiger partial charge in [-0.2, -0.15) is 0 Å². The van der Waals surface area contributed by atoms with Crippen LogP contribution in [0.3, 0.4) is 0 Å². The van der Waals surface area contributed by atoms with Crippen molar-refractivity contribution in [3.05, 3.63) is 83.9 Å². The number of amides is 1. The van der Waals surface area contributed by atoms with E-state index in [0.717, 1.165) is 12.2 Å². The van der Waals surface area contributed by atoms with E-state index < -0.39 is 0 Å². The standard InChI is InChI=1S/C24H29N3O/c1-18(2)21-11-8-12-22(19(3)4)24(21)25-23(28)16-27-14-13-26(17-27)15-20-9-6-5-7-10-20/h5-14,17-19H,15-16H2,1-4H3/p+1. The van der Waals surface area contributed by atoms with Gasteiger partial charge >= 0.3 is 0 Å². The van der Waals surface area contributed by atoms with Crippen molar-refractivity contribution in [3.8, 4) is 0 Å². The molecule has 0 bridgehead atoms. The van der Waals surface area contributed by atoms with Gasteiger partial charge in [-0.05, 0) is 28.5 Å². The van der Waals surface area contributed by atoms with Crippen molar-refractivity contribution < 1.29 is 9.36 Å². The van der Waals surface area contributed by atoms with E-state index in [1.54, 1.807) is 0 Å². The summed E-state index contributed by atoms with van der Waals surface area (Å²) in [6, 6.07) is 16.6. The number of carbonyl (C=O) groups excluding carboxylic acids is 1. The van der Waals surface area contributed by atoms with Crippen molar-refractivity contribution in [2.75, 3.05) is 5.32 Å². The van der Waals surface area contributed by atoms with Gasteiger partial charge < -0.3 is 5.32 Å². The predicted molar refractivity (Wildman–Crippen MR) is 113 cm³/mol. The number of aromatic nitrogens is 2. The van der Waals surface area contributed by atoms with Crippen LogP contribution in [-0.4, -0.2) is 10.5 Å². The number of carbonyl (C=O) groups is 1. The van der Waals surface area contributed by atoms with Crippen molar-refractivity contribution in [3.63, 3.8) is 0 Å². The quantitative estimate of drug-likeness (QED) is 0.596. The van der Waals surface area contributed by atoms with Crippen molar-refractivity contribution in [1.82, 2.24) is 4.57 Å². The Hall–Kier alpha value is -2.88. The molecule has 28 heavy (non-hydrogen) atoms. The number of imidazole rings is 1. The molecule has 0 unspecified atom stereocenters. The Bertz CT molecular complexity index is 900. The van der Waals surface area contributed by atoms with Crippen LogP contribution in [0.15, 0.2) is 67.3 Å². The molecule has 0 saturated carbocycles. The molecule has 2 aromatic carbocycles. The van der Waals surface area contributed by atoms with Crippen LogP contribution in [0, 0.1) is 0 Å². The Labute approximate surface area is 167 Å². The summed E-state index contributed by atoms with van der Waals surface area (Å²) in [6.45, 7) is 9.73. The largest absolute Gasteiger partial charge is 0.322 e. The maximum atomic E-state index is 12.8. The predicted octanol–water partition coefficient (Wildman–Crippen LogP) is 4.71. The van der Waals surface area contributed by atoms with Crippen LogP contribution in [0.1, 0.15) is 56.2 Å². The fraction of sp³-hybridized carbons (Fsp3) is 0.333. The first-order chi connectivity index (χ1) is 13.4. The molecule has 0 aliphatic carbocycles. The molecule has 4 nitrogen and oxygen atoms in total. The van der Waals surface area contributed by atoms with Crippen molar-refractivity contribution in [2.45, 2.75) is 52.6 Å². The summed E-state index contributed by atoms with van der Waals surface area (Å²) < 4.78 is 4.01. The molecule has 146 valence electrons. The maximum Gasteiger partial charge on any atom is 0.266 e. The molecule has 3 aromatic rings. The summed E-state index contributed by atoms with van der Waals surface area (Å²) in [5.74, 6) is 0.708. The van der Waals surface area contributed by atoms with E-state index in [1.807, 2.05) is 41.5 Å². The molecule has 0 atom stereocenters. The molecule has 0 aliphatic heterocycles. The van der Waals surface area contributed by atoms with E-state index in [9.17, 15) is 4.79 Å². The summed E-state index contributed by atoms with van der Waals surface area (Å²) >= 11 is 0. The first kappa shape index (κ1) is 19.9. The molecule has 3 rings (SSSR count). The zero-order chi connectivity index (χ0) is 20.1. The van der Waals surface area contributed by atoms with Crippen LogP contribution in [0.25, 0.3) is 0 Å². The van der Waals surface area contributed by atoms with Crippen LogP contribution in [0.2, 0.25) is 0 Å². The lowest BCUT2D eigenvalue weighted by atomic mass is 9.92. The van der Waals surface area contributed by atoms with E-state index in [1.165, 1.54) is 16.7 Å². The number of nitrogens with one attached hydrogen (secondary N) is 1. The summed E-state index contributed by atoms with van der Waals surface area (Å²) in [5, 5.41) is 3.18. The van der Waals surface area contributed by atoms with E-state index in [0.29, 0.717) is 18.4 Å². The minimum atomic E-state index is -0.00235. The van der Waals surface area contributed by atoms with Gasteiger partial charge in [-0.25, -0.2) is 9.13 Å². The maximum absolute atomic E-state index is 12.8. The summed E-state index contributed by atoms with van der Waals surface area (Å²) in [7, 11) is 0. The average molecular weight is 377 g/mol. The van der Waals surface area contributed by atoms with Gasteiger partial charge in [0.2, 0.25) is 6.33 Å². The molecule has 1 aromatic heterocycles. The minimum absolute atomic E-state index is 0.00235. The third kappa shape index (κ3) is 4.89. The normalized spacial score (nSPS) is 11.2. The van der Waals surface area contributed by atoms with Crippen molar-refractivity contribution in [2.24, 2.45) is 0 Å². The van der Waals surface area contributed by atoms with Crippen LogP contribution in [0.4, 0.5) is 5.69 Å². The lowest BCUT2D eigenvalue weighted by molar-refractivity contribution is -0.687. The molecular formula is C24H30N3O+. The van der Waals surface area contributed by atoms with Gasteiger partial charge in [0.25, 0.3) is 5.91 Å². The number of hydrogen-bond acceptors (Lipinski definition) is 1. The zero-order valence-electron chi connectivity index (χ0n) is 17.2. The second-order valence-electron chi connectivity index (χ2n) is 7.91. The lowest BCUT2D eigenvalue weighted by Gasteiger charge is -2.19. The Morgan fingerprint density at radius 1 is 0.964 bits per heavy atom. The van der Waals surface area contributed by atoms with Gasteiger partial charge in [-0.3, -0.25) is 4.79 Å². The van der Waals surface area contributed by atoms with Crippen LogP contribution < -0.4 is 9.88 Å². The topological polar surface area (TPSA) is 37.9 Å². The number of hydrogen-bond donors (Lipinski definition) is 1. The summed E-state index contributed by atoms with van der Waals surface area (Å²) in [4.78, 5) is 12.8. The molecule has 0 radical (unpaired) electrons. The Kier molecular flexibility index (Phi) is 6.30. The first-order valence-corrected chi connectivity index (χ1v) is 9.95. The fourth-order valence-corrected chi connectivity index (χ4v) is 3.46. The monoisotopic (exact) mass is 376 g/mol. The molecule has 0 aliphatic rings. The van der Waals surface area contributed by atoms with Crippen molar-refractivity contribution in [1.29, 1.82) is 0 Å². The van der Waals surface area contributed by atoms with Gasteiger partial charge in [-0.15, -0.1) is 0 Å². The van der Waals surface area contributed by atoms with Gasteiger partial charge in [0.05, 0.1) is 0 Å². The smallest absolute Gasteiger partial charge is 0.266 e.